The van der Waals surface area contributed by atoms with Crippen molar-refractivity contribution in [1.82, 2.24) is 14.5 Å². The van der Waals surface area contributed by atoms with Crippen LogP contribution in [0.4, 0.5) is 0 Å². The molecule has 3 heterocycles. The first-order valence-corrected chi connectivity index (χ1v) is 7.37. The van der Waals surface area contributed by atoms with Crippen molar-refractivity contribution in [2.75, 3.05) is 26.3 Å². The zero-order valence-corrected chi connectivity index (χ0v) is 12.9. The van der Waals surface area contributed by atoms with E-state index >= 15 is 0 Å². The summed E-state index contributed by atoms with van der Waals surface area (Å²) in [5.41, 5.74) is 6.01. The van der Waals surface area contributed by atoms with Crippen molar-refractivity contribution in [3.63, 3.8) is 0 Å². The van der Waals surface area contributed by atoms with Crippen molar-refractivity contribution < 1.29 is 19.4 Å². The normalized spacial score (nSPS) is 17.3. The Morgan fingerprint density at radius 1 is 1.35 bits per heavy atom. The van der Waals surface area contributed by atoms with Crippen LogP contribution in [0.1, 0.15) is 16.7 Å². The highest BCUT2D eigenvalue weighted by atomic mass is 35.5. The Bertz CT molecular complexity index is 769. The van der Waals surface area contributed by atoms with Crippen molar-refractivity contribution in [3.05, 3.63) is 29.2 Å². The lowest BCUT2D eigenvalue weighted by molar-refractivity contribution is -0.128. The third-order valence-corrected chi connectivity index (χ3v) is 4.01. The number of carbonyl (C=O) groups excluding carboxylic acids is 1. The van der Waals surface area contributed by atoms with Crippen LogP contribution in [-0.2, 0) is 9.53 Å². The number of fused-ring (bicyclic) bond motifs is 1. The van der Waals surface area contributed by atoms with E-state index in [2.05, 4.69) is 4.98 Å². The SMILES string of the molecule is NC(=O)C(N1CCOCC1)n1c(C(=O)O)cc2cc(Cl)ncc21. The van der Waals surface area contributed by atoms with Gasteiger partial charge in [-0.05, 0) is 12.1 Å². The lowest BCUT2D eigenvalue weighted by Crippen LogP contribution is -2.47. The largest absolute Gasteiger partial charge is 0.477 e. The number of aromatic nitrogens is 2. The highest BCUT2D eigenvalue weighted by Gasteiger charge is 2.31. The lowest BCUT2D eigenvalue weighted by atomic mass is 10.3. The van der Waals surface area contributed by atoms with Gasteiger partial charge in [-0.3, -0.25) is 9.69 Å². The Balaban J connectivity index is 2.19. The third kappa shape index (κ3) is 2.88. The standard InChI is InChI=1S/C14H15ClN4O4/c15-11-6-8-5-9(14(21)22)19(10(8)7-17-11)13(12(16)20)18-1-3-23-4-2-18/h5-7,13H,1-4H2,(H2,16,20)(H,21,22). The van der Waals surface area contributed by atoms with Crippen molar-refractivity contribution in [3.8, 4) is 0 Å². The number of hydrogen-bond donors (Lipinski definition) is 2. The number of carbonyl (C=O) groups is 2. The molecule has 1 saturated heterocycles. The molecule has 1 atom stereocenters. The zero-order chi connectivity index (χ0) is 16.6. The van der Waals surface area contributed by atoms with Crippen LogP contribution in [0.3, 0.4) is 0 Å². The number of morpholine rings is 1. The maximum absolute atomic E-state index is 12.1. The number of rotatable bonds is 4. The quantitative estimate of drug-likeness (QED) is 0.794. The van der Waals surface area contributed by atoms with Crippen LogP contribution in [0, 0.1) is 0 Å². The van der Waals surface area contributed by atoms with Crippen LogP contribution in [0.15, 0.2) is 18.3 Å². The van der Waals surface area contributed by atoms with Gasteiger partial charge in [-0.15, -0.1) is 0 Å². The molecule has 8 nitrogen and oxygen atoms in total. The van der Waals surface area contributed by atoms with Gasteiger partial charge in [0, 0.05) is 18.5 Å². The fourth-order valence-corrected chi connectivity index (χ4v) is 2.99. The second-order valence-electron chi connectivity index (χ2n) is 5.19. The molecule has 3 rings (SSSR count). The molecule has 0 radical (unpaired) electrons. The van der Waals surface area contributed by atoms with E-state index in [1.807, 2.05) is 0 Å². The predicted molar refractivity (Wildman–Crippen MR) is 82.3 cm³/mol. The number of nitrogens with zero attached hydrogens (tertiary/aromatic N) is 3. The van der Waals surface area contributed by atoms with Gasteiger partial charge in [-0.1, -0.05) is 11.6 Å². The summed E-state index contributed by atoms with van der Waals surface area (Å²) in [5, 5.41) is 10.3. The van der Waals surface area contributed by atoms with Crippen LogP contribution < -0.4 is 5.73 Å². The van der Waals surface area contributed by atoms with Gasteiger partial charge in [0.15, 0.2) is 6.17 Å². The third-order valence-electron chi connectivity index (χ3n) is 3.80. The second-order valence-corrected chi connectivity index (χ2v) is 5.58. The summed E-state index contributed by atoms with van der Waals surface area (Å²) in [7, 11) is 0. The van der Waals surface area contributed by atoms with Crippen molar-refractivity contribution in [2.45, 2.75) is 6.17 Å². The summed E-state index contributed by atoms with van der Waals surface area (Å²) in [6.07, 6.45) is 0.519. The number of nitrogens with two attached hydrogens (primary N) is 1. The maximum atomic E-state index is 12.1. The Morgan fingerprint density at radius 2 is 2.04 bits per heavy atom. The van der Waals surface area contributed by atoms with Crippen LogP contribution in [0.5, 0.6) is 0 Å². The number of amides is 1. The van der Waals surface area contributed by atoms with Gasteiger partial charge in [0.2, 0.25) is 0 Å². The van der Waals surface area contributed by atoms with Crippen LogP contribution in [0.25, 0.3) is 10.9 Å². The molecule has 0 saturated carbocycles. The van der Waals surface area contributed by atoms with E-state index in [0.717, 1.165) is 0 Å². The number of halogens is 1. The summed E-state index contributed by atoms with van der Waals surface area (Å²) in [6.45, 7) is 1.87. The number of hydrogen-bond acceptors (Lipinski definition) is 5. The Morgan fingerprint density at radius 3 is 2.65 bits per heavy atom. The zero-order valence-electron chi connectivity index (χ0n) is 12.1. The van der Waals surface area contributed by atoms with Gasteiger partial charge in [-0.25, -0.2) is 9.78 Å². The fourth-order valence-electron chi connectivity index (χ4n) is 2.82. The smallest absolute Gasteiger partial charge is 0.352 e. The first kappa shape index (κ1) is 15.7. The molecule has 0 bridgehead atoms. The van der Waals surface area contributed by atoms with E-state index in [9.17, 15) is 14.7 Å². The summed E-state index contributed by atoms with van der Waals surface area (Å²) < 4.78 is 6.68. The number of ether oxygens (including phenoxy) is 1. The van der Waals surface area contributed by atoms with Gasteiger partial charge >= 0.3 is 5.97 Å². The van der Waals surface area contributed by atoms with E-state index in [-0.39, 0.29) is 10.8 Å². The Labute approximate surface area is 136 Å². The van der Waals surface area contributed by atoms with Crippen LogP contribution in [0.2, 0.25) is 5.15 Å². The Kier molecular flexibility index (Phi) is 4.20. The van der Waals surface area contributed by atoms with Crippen LogP contribution >= 0.6 is 11.6 Å². The van der Waals surface area contributed by atoms with Crippen molar-refractivity contribution in [2.24, 2.45) is 5.73 Å². The van der Waals surface area contributed by atoms with Crippen molar-refractivity contribution >= 4 is 34.4 Å². The van der Waals surface area contributed by atoms with Crippen LogP contribution in [-0.4, -0.2) is 57.7 Å². The van der Waals surface area contributed by atoms with Gasteiger partial charge in [0.1, 0.15) is 10.8 Å². The summed E-state index contributed by atoms with van der Waals surface area (Å²) >= 11 is 5.86. The molecular formula is C14H15ClN4O4. The molecule has 122 valence electrons. The Hall–Kier alpha value is -2.16. The first-order valence-electron chi connectivity index (χ1n) is 7.00. The number of carboxylic acids is 1. The molecule has 0 aliphatic carbocycles. The monoisotopic (exact) mass is 338 g/mol. The summed E-state index contributed by atoms with van der Waals surface area (Å²) in [5.74, 6) is -1.79. The average molecular weight is 339 g/mol. The molecule has 1 amide bonds. The molecule has 1 fully saturated rings. The minimum absolute atomic E-state index is 0.0423. The highest BCUT2D eigenvalue weighted by molar-refractivity contribution is 6.30. The second kappa shape index (κ2) is 6.15. The number of primary amides is 1. The maximum Gasteiger partial charge on any atom is 0.352 e. The molecule has 0 aromatic carbocycles. The molecule has 3 N–H and O–H groups in total. The predicted octanol–water partition coefficient (Wildman–Crippen LogP) is 0.704. The van der Waals surface area contributed by atoms with Gasteiger partial charge in [0.25, 0.3) is 5.91 Å². The number of aromatic carboxylic acids is 1. The number of pyridine rings is 1. The fraction of sp³-hybridized carbons (Fsp3) is 0.357. The molecule has 23 heavy (non-hydrogen) atoms. The van der Waals surface area contributed by atoms with E-state index in [0.29, 0.717) is 37.2 Å². The van der Waals surface area contributed by atoms with E-state index < -0.39 is 18.0 Å². The first-order chi connectivity index (χ1) is 11.0. The molecule has 1 aliphatic rings. The average Bonchev–Trinajstić information content (AvgIpc) is 2.87. The van der Waals surface area contributed by atoms with E-state index in [1.165, 1.54) is 16.8 Å². The highest BCUT2D eigenvalue weighted by Crippen LogP contribution is 2.28. The molecule has 1 aliphatic heterocycles. The molecule has 2 aromatic rings. The molecule has 9 heteroatoms. The van der Waals surface area contributed by atoms with Gasteiger partial charge in [0.05, 0.1) is 24.9 Å². The summed E-state index contributed by atoms with van der Waals surface area (Å²) in [6, 6.07) is 3.01. The minimum Gasteiger partial charge on any atom is -0.477 e. The van der Waals surface area contributed by atoms with Crippen molar-refractivity contribution in [1.29, 1.82) is 0 Å². The summed E-state index contributed by atoms with van der Waals surface area (Å²) in [4.78, 5) is 29.5. The number of carboxylic acid groups (broad SMARTS) is 1. The molecular weight excluding hydrogens is 324 g/mol. The molecule has 1 unspecified atom stereocenters. The van der Waals surface area contributed by atoms with Gasteiger partial charge in [-0.2, -0.15) is 0 Å². The topological polar surface area (TPSA) is 111 Å². The minimum atomic E-state index is -1.16. The van der Waals surface area contributed by atoms with E-state index in [1.54, 1.807) is 11.0 Å². The lowest BCUT2D eigenvalue weighted by Gasteiger charge is -2.34. The van der Waals surface area contributed by atoms with Gasteiger partial charge < -0.3 is 20.1 Å². The van der Waals surface area contributed by atoms with E-state index in [4.69, 9.17) is 22.1 Å². The molecule has 2 aromatic heterocycles. The molecule has 0 spiro atoms.